The number of thioether (sulfide) groups is 1. The third kappa shape index (κ3) is 2.80. The van der Waals surface area contributed by atoms with Crippen LogP contribution in [0, 0.1) is 0 Å². The van der Waals surface area contributed by atoms with Crippen molar-refractivity contribution in [3.8, 4) is 5.75 Å². The maximum Gasteiger partial charge on any atom is 0.358 e. The van der Waals surface area contributed by atoms with Crippen molar-refractivity contribution in [2.75, 3.05) is 11.5 Å². The summed E-state index contributed by atoms with van der Waals surface area (Å²) < 4.78 is 7.53. The Labute approximate surface area is 122 Å². The van der Waals surface area contributed by atoms with Gasteiger partial charge in [-0.05, 0) is 44.3 Å². The Kier molecular flexibility index (Phi) is 4.19. The van der Waals surface area contributed by atoms with Crippen LogP contribution in [0.2, 0.25) is 0 Å². The van der Waals surface area contributed by atoms with Crippen LogP contribution in [0.15, 0.2) is 6.20 Å². The normalized spacial score (nSPS) is 23.9. The molecule has 1 N–H and O–H groups in total. The first-order valence-corrected chi connectivity index (χ1v) is 8.46. The van der Waals surface area contributed by atoms with Crippen molar-refractivity contribution in [3.05, 3.63) is 11.9 Å². The van der Waals surface area contributed by atoms with Gasteiger partial charge < -0.3 is 9.84 Å². The van der Waals surface area contributed by atoms with Crippen molar-refractivity contribution >= 4 is 17.7 Å². The van der Waals surface area contributed by atoms with Crippen LogP contribution in [-0.4, -0.2) is 38.5 Å². The predicted octanol–water partition coefficient (Wildman–Crippen LogP) is 2.97. The van der Waals surface area contributed by atoms with E-state index < -0.39 is 5.97 Å². The van der Waals surface area contributed by atoms with Crippen molar-refractivity contribution in [2.24, 2.45) is 0 Å². The van der Waals surface area contributed by atoms with E-state index in [2.05, 4.69) is 5.10 Å². The molecule has 0 bridgehead atoms. The highest BCUT2D eigenvalue weighted by Crippen LogP contribution is 2.32. The van der Waals surface area contributed by atoms with E-state index in [1.54, 1.807) is 10.9 Å². The van der Waals surface area contributed by atoms with Crippen LogP contribution in [0.4, 0.5) is 0 Å². The van der Waals surface area contributed by atoms with Crippen LogP contribution in [0.3, 0.4) is 0 Å². The fraction of sp³-hybridized carbons (Fsp3) is 0.714. The van der Waals surface area contributed by atoms with Gasteiger partial charge in [-0.2, -0.15) is 16.9 Å². The van der Waals surface area contributed by atoms with Crippen molar-refractivity contribution in [1.82, 2.24) is 9.78 Å². The van der Waals surface area contributed by atoms with E-state index in [0.29, 0.717) is 5.75 Å². The molecule has 2 fully saturated rings. The molecular formula is C14H20N2O3S. The van der Waals surface area contributed by atoms with Gasteiger partial charge in [-0.1, -0.05) is 0 Å². The summed E-state index contributed by atoms with van der Waals surface area (Å²) in [5, 5.41) is 13.8. The number of ether oxygens (including phenoxy) is 1. The lowest BCUT2D eigenvalue weighted by Gasteiger charge is -2.23. The van der Waals surface area contributed by atoms with Crippen LogP contribution in [0.25, 0.3) is 0 Å². The summed E-state index contributed by atoms with van der Waals surface area (Å²) in [5.41, 5.74) is 0.226. The van der Waals surface area contributed by atoms with Gasteiger partial charge in [-0.15, -0.1) is 0 Å². The van der Waals surface area contributed by atoms with Crippen LogP contribution in [0.5, 0.6) is 5.75 Å². The monoisotopic (exact) mass is 296 g/mol. The lowest BCUT2D eigenvalue weighted by atomic mass is 10.2. The second-order valence-corrected chi connectivity index (χ2v) is 6.65. The van der Waals surface area contributed by atoms with Gasteiger partial charge in [0.15, 0.2) is 11.4 Å². The molecule has 0 aromatic carbocycles. The lowest BCUT2D eigenvalue weighted by molar-refractivity contribution is 0.0672. The highest BCUT2D eigenvalue weighted by molar-refractivity contribution is 7.99. The number of aromatic carboxylic acids is 1. The summed E-state index contributed by atoms with van der Waals surface area (Å²) in [4.78, 5) is 11.6. The number of carboxylic acid groups (broad SMARTS) is 1. The second-order valence-electron chi connectivity index (χ2n) is 5.50. The van der Waals surface area contributed by atoms with E-state index in [9.17, 15) is 9.90 Å². The lowest BCUT2D eigenvalue weighted by Crippen LogP contribution is -2.22. The molecule has 5 nitrogen and oxygen atoms in total. The summed E-state index contributed by atoms with van der Waals surface area (Å²) >= 11 is 1.87. The smallest absolute Gasteiger partial charge is 0.358 e. The van der Waals surface area contributed by atoms with E-state index in [0.717, 1.165) is 37.2 Å². The molecule has 1 aliphatic heterocycles. The quantitative estimate of drug-likeness (QED) is 0.925. The molecule has 20 heavy (non-hydrogen) atoms. The first-order valence-electron chi connectivity index (χ1n) is 7.31. The Morgan fingerprint density at radius 2 is 2.15 bits per heavy atom. The maximum atomic E-state index is 11.6. The molecule has 2 aliphatic rings. The number of rotatable bonds is 4. The highest BCUT2D eigenvalue weighted by atomic mass is 32.2. The van der Waals surface area contributed by atoms with Crippen molar-refractivity contribution < 1.29 is 14.6 Å². The molecule has 1 aromatic heterocycles. The topological polar surface area (TPSA) is 64.3 Å². The van der Waals surface area contributed by atoms with Crippen molar-refractivity contribution in [1.29, 1.82) is 0 Å². The molecule has 110 valence electrons. The molecule has 2 heterocycles. The predicted molar refractivity (Wildman–Crippen MR) is 77.7 cm³/mol. The Morgan fingerprint density at radius 3 is 2.80 bits per heavy atom. The Morgan fingerprint density at radius 1 is 1.35 bits per heavy atom. The van der Waals surface area contributed by atoms with Gasteiger partial charge in [0, 0.05) is 5.75 Å². The van der Waals surface area contributed by atoms with Crippen LogP contribution in [-0.2, 0) is 0 Å². The van der Waals surface area contributed by atoms with Gasteiger partial charge in [0.2, 0.25) is 0 Å². The van der Waals surface area contributed by atoms with E-state index in [4.69, 9.17) is 4.74 Å². The van der Waals surface area contributed by atoms with E-state index in [1.807, 2.05) is 11.8 Å². The molecule has 0 radical (unpaired) electrons. The largest absolute Gasteiger partial charge is 0.486 e. The van der Waals surface area contributed by atoms with Crippen LogP contribution >= 0.6 is 11.8 Å². The SMILES string of the molecule is O=C(O)c1c(OC2CCCC2)cnn1C1CCCSC1. The maximum absolute atomic E-state index is 11.6. The Bertz CT molecular complexity index is 477. The molecule has 1 atom stereocenters. The molecule has 1 saturated carbocycles. The number of carboxylic acids is 1. The zero-order chi connectivity index (χ0) is 13.9. The van der Waals surface area contributed by atoms with Crippen molar-refractivity contribution in [2.45, 2.75) is 50.7 Å². The fourth-order valence-electron chi connectivity index (χ4n) is 3.02. The van der Waals surface area contributed by atoms with Gasteiger partial charge in [0.05, 0.1) is 18.3 Å². The standard InChI is InChI=1S/C14H20N2O3S/c17-14(18)13-12(19-11-5-1-2-6-11)8-15-16(13)10-4-3-7-20-9-10/h8,10-11H,1-7,9H2,(H,17,18). The number of nitrogens with zero attached hydrogens (tertiary/aromatic N) is 2. The average Bonchev–Trinajstić information content (AvgIpc) is 3.09. The first-order chi connectivity index (χ1) is 9.75. The number of hydrogen-bond donors (Lipinski definition) is 1. The molecule has 0 spiro atoms. The minimum absolute atomic E-state index is 0.159. The van der Waals surface area contributed by atoms with Gasteiger partial charge in [0.1, 0.15) is 0 Å². The third-order valence-corrected chi connectivity index (χ3v) is 5.24. The molecule has 3 rings (SSSR count). The fourth-order valence-corrected chi connectivity index (χ4v) is 4.13. The molecule has 1 aromatic rings. The summed E-state index contributed by atoms with van der Waals surface area (Å²) in [6, 6.07) is 0.181. The molecule has 1 saturated heterocycles. The first kappa shape index (κ1) is 13.8. The molecule has 1 unspecified atom stereocenters. The summed E-state index contributed by atoms with van der Waals surface area (Å²) in [6.07, 6.45) is 8.23. The summed E-state index contributed by atoms with van der Waals surface area (Å²) in [6.45, 7) is 0. The van der Waals surface area contributed by atoms with Gasteiger partial charge in [-0.25, -0.2) is 4.79 Å². The number of aromatic nitrogens is 2. The van der Waals surface area contributed by atoms with Gasteiger partial charge >= 0.3 is 5.97 Å². The van der Waals surface area contributed by atoms with Crippen molar-refractivity contribution in [3.63, 3.8) is 0 Å². The average molecular weight is 296 g/mol. The van der Waals surface area contributed by atoms with E-state index in [-0.39, 0.29) is 17.8 Å². The summed E-state index contributed by atoms with van der Waals surface area (Å²) in [5.74, 6) is 1.60. The zero-order valence-electron chi connectivity index (χ0n) is 11.5. The third-order valence-electron chi connectivity index (χ3n) is 4.04. The minimum Gasteiger partial charge on any atom is -0.486 e. The highest BCUT2D eigenvalue weighted by Gasteiger charge is 2.28. The Hall–Kier alpha value is -1.17. The molecule has 6 heteroatoms. The number of carbonyl (C=O) groups is 1. The second kappa shape index (κ2) is 6.08. The number of hydrogen-bond acceptors (Lipinski definition) is 4. The summed E-state index contributed by atoms with van der Waals surface area (Å²) in [7, 11) is 0. The Balaban J connectivity index is 1.82. The van der Waals surface area contributed by atoms with Gasteiger partial charge in [0.25, 0.3) is 0 Å². The molecule has 0 amide bonds. The van der Waals surface area contributed by atoms with E-state index >= 15 is 0 Å². The molecular weight excluding hydrogens is 276 g/mol. The zero-order valence-corrected chi connectivity index (χ0v) is 12.3. The molecule has 1 aliphatic carbocycles. The van der Waals surface area contributed by atoms with Crippen LogP contribution < -0.4 is 4.74 Å². The van der Waals surface area contributed by atoms with Gasteiger partial charge in [-0.3, -0.25) is 4.68 Å². The van der Waals surface area contributed by atoms with E-state index in [1.165, 1.54) is 12.8 Å². The van der Waals surface area contributed by atoms with Crippen LogP contribution in [0.1, 0.15) is 55.1 Å². The minimum atomic E-state index is -0.939.